The molecule has 0 saturated carbocycles. The summed E-state index contributed by atoms with van der Waals surface area (Å²) in [5.74, 6) is 0.0676. The van der Waals surface area contributed by atoms with E-state index in [2.05, 4.69) is 0 Å². The van der Waals surface area contributed by atoms with E-state index in [1.54, 1.807) is 61.5 Å². The predicted octanol–water partition coefficient (Wildman–Crippen LogP) is 6.61. The third-order valence-corrected chi connectivity index (χ3v) is 6.57. The molecule has 4 aromatic rings. The molecule has 1 atom stereocenters. The van der Waals surface area contributed by atoms with Crippen molar-refractivity contribution in [1.82, 2.24) is 0 Å². The van der Waals surface area contributed by atoms with Crippen molar-refractivity contribution < 1.29 is 34.0 Å². The van der Waals surface area contributed by atoms with Crippen molar-refractivity contribution in [3.05, 3.63) is 114 Å². The summed E-state index contributed by atoms with van der Waals surface area (Å²) in [5, 5.41) is 21.5. The molecule has 1 amide bonds. The number of rotatable bonds is 9. The molecule has 1 fully saturated rings. The lowest BCUT2D eigenvalue weighted by molar-refractivity contribution is -0.132. The first-order valence-corrected chi connectivity index (χ1v) is 13.2. The van der Waals surface area contributed by atoms with Crippen molar-refractivity contribution in [1.29, 1.82) is 0 Å². The second kappa shape index (κ2) is 11.9. The topological polar surface area (TPSA) is 106 Å². The number of ether oxygens (including phenoxy) is 3. The van der Waals surface area contributed by atoms with Crippen molar-refractivity contribution in [2.24, 2.45) is 0 Å². The zero-order valence-corrected chi connectivity index (χ0v) is 22.6. The largest absolute Gasteiger partial charge is 0.508 e. The Labute approximate surface area is 237 Å². The summed E-state index contributed by atoms with van der Waals surface area (Å²) in [5.41, 5.74) is 1.11. The average Bonchev–Trinajstić information content (AvgIpc) is 3.24. The van der Waals surface area contributed by atoms with E-state index in [0.717, 1.165) is 0 Å². The Morgan fingerprint density at radius 3 is 2.07 bits per heavy atom. The van der Waals surface area contributed by atoms with Crippen LogP contribution in [0.25, 0.3) is 5.76 Å². The molecule has 1 aliphatic rings. The highest BCUT2D eigenvalue weighted by Gasteiger charge is 2.47. The Kier molecular flexibility index (Phi) is 7.92. The molecule has 1 saturated heterocycles. The standard InChI is InChI=1S/C33H29NO7/c1-3-39-26-18-19-27(28(20-26)40-4-2)31(36)29-30(21-10-14-23(35)15-11-21)34(33(38)32(29)37)22-12-16-25(17-13-22)41-24-8-6-5-7-9-24/h5-20,30,35-36H,3-4H2,1-2H3/b31-29-. The summed E-state index contributed by atoms with van der Waals surface area (Å²) in [4.78, 5) is 28.4. The van der Waals surface area contributed by atoms with Crippen LogP contribution in [0.5, 0.6) is 28.7 Å². The second-order valence-corrected chi connectivity index (χ2v) is 9.19. The fourth-order valence-electron chi connectivity index (χ4n) is 4.75. The lowest BCUT2D eigenvalue weighted by Crippen LogP contribution is -2.29. The number of aliphatic hydroxyl groups excluding tert-OH is 1. The Bertz CT molecular complexity index is 1580. The van der Waals surface area contributed by atoms with Crippen LogP contribution in [0.15, 0.2) is 103 Å². The van der Waals surface area contributed by atoms with Gasteiger partial charge in [-0.1, -0.05) is 30.3 Å². The minimum absolute atomic E-state index is 0.0262. The lowest BCUT2D eigenvalue weighted by atomic mass is 9.94. The molecular weight excluding hydrogens is 522 g/mol. The normalized spacial score (nSPS) is 16.0. The summed E-state index contributed by atoms with van der Waals surface area (Å²) in [6.45, 7) is 4.41. The van der Waals surface area contributed by atoms with Gasteiger partial charge in [0.15, 0.2) is 0 Å². The van der Waals surface area contributed by atoms with E-state index in [0.29, 0.717) is 47.5 Å². The maximum Gasteiger partial charge on any atom is 0.300 e. The number of Topliss-reactive ketones (excluding diaryl/α,β-unsaturated/α-hetero) is 1. The lowest BCUT2D eigenvalue weighted by Gasteiger charge is -2.26. The summed E-state index contributed by atoms with van der Waals surface area (Å²) in [6, 6.07) is 26.1. The summed E-state index contributed by atoms with van der Waals surface area (Å²) in [6.07, 6.45) is 0. The minimum Gasteiger partial charge on any atom is -0.508 e. The van der Waals surface area contributed by atoms with E-state index >= 15 is 0 Å². The zero-order chi connectivity index (χ0) is 28.9. The van der Waals surface area contributed by atoms with Crippen LogP contribution in [0.1, 0.15) is 31.0 Å². The fourth-order valence-corrected chi connectivity index (χ4v) is 4.75. The molecule has 8 nitrogen and oxygen atoms in total. The number of amides is 1. The molecule has 1 aliphatic heterocycles. The van der Waals surface area contributed by atoms with Crippen LogP contribution in [0.4, 0.5) is 5.69 Å². The summed E-state index contributed by atoms with van der Waals surface area (Å²) >= 11 is 0. The minimum atomic E-state index is -0.975. The molecule has 4 aromatic carbocycles. The van der Waals surface area contributed by atoms with Gasteiger partial charge in [0.25, 0.3) is 11.7 Å². The monoisotopic (exact) mass is 551 g/mol. The number of benzene rings is 4. The van der Waals surface area contributed by atoms with Gasteiger partial charge in [0, 0.05) is 11.8 Å². The molecule has 0 radical (unpaired) electrons. The molecular formula is C33H29NO7. The number of para-hydroxylation sites is 1. The number of carbonyl (C=O) groups is 2. The van der Waals surface area contributed by atoms with Crippen molar-refractivity contribution in [2.45, 2.75) is 19.9 Å². The van der Waals surface area contributed by atoms with Gasteiger partial charge in [-0.15, -0.1) is 0 Å². The van der Waals surface area contributed by atoms with Crippen LogP contribution >= 0.6 is 0 Å². The van der Waals surface area contributed by atoms with Gasteiger partial charge in [-0.05, 0) is 80.1 Å². The number of hydrogen-bond donors (Lipinski definition) is 2. The van der Waals surface area contributed by atoms with Crippen molar-refractivity contribution >= 4 is 23.1 Å². The van der Waals surface area contributed by atoms with Gasteiger partial charge in [-0.2, -0.15) is 0 Å². The van der Waals surface area contributed by atoms with Crippen LogP contribution in [0.3, 0.4) is 0 Å². The predicted molar refractivity (Wildman–Crippen MR) is 155 cm³/mol. The van der Waals surface area contributed by atoms with Gasteiger partial charge in [-0.3, -0.25) is 14.5 Å². The Balaban J connectivity index is 1.60. The van der Waals surface area contributed by atoms with Crippen LogP contribution < -0.4 is 19.1 Å². The van der Waals surface area contributed by atoms with Crippen molar-refractivity contribution in [3.63, 3.8) is 0 Å². The molecule has 1 heterocycles. The number of aliphatic hydroxyl groups is 1. The molecule has 0 aliphatic carbocycles. The summed E-state index contributed by atoms with van der Waals surface area (Å²) in [7, 11) is 0. The van der Waals surface area contributed by atoms with E-state index in [1.807, 2.05) is 37.3 Å². The first-order chi connectivity index (χ1) is 19.9. The van der Waals surface area contributed by atoms with E-state index in [4.69, 9.17) is 14.2 Å². The van der Waals surface area contributed by atoms with Gasteiger partial charge in [0.2, 0.25) is 0 Å². The second-order valence-electron chi connectivity index (χ2n) is 9.19. The molecule has 2 N–H and O–H groups in total. The van der Waals surface area contributed by atoms with Gasteiger partial charge in [0.1, 0.15) is 34.5 Å². The molecule has 0 spiro atoms. The number of carbonyl (C=O) groups excluding carboxylic acids is 2. The third kappa shape index (κ3) is 5.58. The number of phenolic OH excluding ortho intramolecular Hbond substituents is 1. The maximum atomic E-state index is 13.6. The molecule has 0 aromatic heterocycles. The van der Waals surface area contributed by atoms with Crippen molar-refractivity contribution in [3.8, 4) is 28.7 Å². The van der Waals surface area contributed by atoms with Gasteiger partial charge < -0.3 is 24.4 Å². The number of aromatic hydroxyl groups is 1. The fraction of sp³-hybridized carbons (Fsp3) is 0.152. The highest BCUT2D eigenvalue weighted by molar-refractivity contribution is 6.51. The quantitative estimate of drug-likeness (QED) is 0.137. The number of hydrogen-bond acceptors (Lipinski definition) is 7. The SMILES string of the molecule is CCOc1ccc(/C(O)=C2/C(=O)C(=O)N(c3ccc(Oc4ccccc4)cc3)C2c2ccc(O)cc2)c(OCC)c1. The Morgan fingerprint density at radius 2 is 1.41 bits per heavy atom. The highest BCUT2D eigenvalue weighted by atomic mass is 16.5. The number of nitrogens with zero attached hydrogens (tertiary/aromatic N) is 1. The van der Waals surface area contributed by atoms with Crippen LogP contribution in [-0.4, -0.2) is 35.1 Å². The molecule has 0 bridgehead atoms. The van der Waals surface area contributed by atoms with Crippen LogP contribution in [-0.2, 0) is 9.59 Å². The molecule has 8 heteroatoms. The number of phenols is 1. The first-order valence-electron chi connectivity index (χ1n) is 13.2. The maximum absolute atomic E-state index is 13.6. The van der Waals surface area contributed by atoms with E-state index < -0.39 is 17.7 Å². The third-order valence-electron chi connectivity index (χ3n) is 6.57. The number of anilines is 1. The smallest absolute Gasteiger partial charge is 0.300 e. The summed E-state index contributed by atoms with van der Waals surface area (Å²) < 4.78 is 17.2. The van der Waals surface area contributed by atoms with Gasteiger partial charge in [0.05, 0.1) is 30.4 Å². The van der Waals surface area contributed by atoms with Crippen LogP contribution in [0, 0.1) is 0 Å². The Morgan fingerprint density at radius 1 is 0.780 bits per heavy atom. The van der Waals surface area contributed by atoms with Gasteiger partial charge in [-0.25, -0.2) is 0 Å². The molecule has 41 heavy (non-hydrogen) atoms. The average molecular weight is 552 g/mol. The first kappa shape index (κ1) is 27.3. The van der Waals surface area contributed by atoms with E-state index in [1.165, 1.54) is 17.0 Å². The molecule has 5 rings (SSSR count). The van der Waals surface area contributed by atoms with E-state index in [-0.39, 0.29) is 22.6 Å². The van der Waals surface area contributed by atoms with Crippen LogP contribution in [0.2, 0.25) is 0 Å². The van der Waals surface area contributed by atoms with Crippen molar-refractivity contribution in [2.75, 3.05) is 18.1 Å². The van der Waals surface area contributed by atoms with Gasteiger partial charge >= 0.3 is 0 Å². The highest BCUT2D eigenvalue weighted by Crippen LogP contribution is 2.44. The zero-order valence-electron chi connectivity index (χ0n) is 22.6. The van der Waals surface area contributed by atoms with E-state index in [9.17, 15) is 19.8 Å². The molecule has 208 valence electrons. The molecule has 1 unspecified atom stereocenters. The number of ketones is 1. The Hall–Kier alpha value is -5.24.